The minimum absolute atomic E-state index is 0. The number of carbonyl (C=O) groups is 1. The predicted molar refractivity (Wildman–Crippen MR) is 88.6 cm³/mol. The number of nitrogens with zero attached hydrogens (tertiary/aromatic N) is 1. The summed E-state index contributed by atoms with van der Waals surface area (Å²) < 4.78 is 10.9. The smallest absolute Gasteiger partial charge is 0.248 e. The van der Waals surface area contributed by atoms with Crippen molar-refractivity contribution >= 4 is 18.3 Å². The van der Waals surface area contributed by atoms with E-state index in [4.69, 9.17) is 9.47 Å². The first kappa shape index (κ1) is 18.7. The lowest BCUT2D eigenvalue weighted by Gasteiger charge is -2.16. The fraction of sp³-hybridized carbons (Fsp3) is 0.562. The van der Waals surface area contributed by atoms with Crippen LogP contribution in [0.15, 0.2) is 30.3 Å². The molecule has 1 aliphatic rings. The number of hydrogen-bond donors (Lipinski definition) is 1. The molecule has 1 aromatic rings. The maximum atomic E-state index is 12.0. The Bertz CT molecular complexity index is 431. The third-order valence-electron chi connectivity index (χ3n) is 3.60. The molecule has 2 rings (SSSR count). The average molecular weight is 329 g/mol. The molecule has 5 nitrogen and oxygen atoms in total. The van der Waals surface area contributed by atoms with Gasteiger partial charge in [0.1, 0.15) is 19.0 Å². The van der Waals surface area contributed by atoms with Gasteiger partial charge in [0.15, 0.2) is 0 Å². The minimum atomic E-state index is 0. The Morgan fingerprint density at radius 2 is 2.09 bits per heavy atom. The summed E-state index contributed by atoms with van der Waals surface area (Å²) in [5.41, 5.74) is 0. The van der Waals surface area contributed by atoms with Crippen LogP contribution in [0.3, 0.4) is 0 Å². The van der Waals surface area contributed by atoms with Crippen molar-refractivity contribution in [1.29, 1.82) is 0 Å². The van der Waals surface area contributed by atoms with Crippen molar-refractivity contribution in [3.05, 3.63) is 30.3 Å². The SMILES string of the molecule is CNCC1CCN(C(=O)COCCOc2ccccc2)C1.Cl. The van der Waals surface area contributed by atoms with Gasteiger partial charge in [-0.05, 0) is 38.1 Å². The number of amides is 1. The topological polar surface area (TPSA) is 50.8 Å². The standard InChI is InChI=1S/C16H24N2O3.ClH/c1-17-11-14-7-8-18(12-14)16(19)13-20-9-10-21-15-5-3-2-4-6-15;/h2-6,14,17H,7-13H2,1H3;1H. The van der Waals surface area contributed by atoms with E-state index in [1.54, 1.807) is 0 Å². The number of ether oxygens (including phenoxy) is 2. The molecular weight excluding hydrogens is 304 g/mol. The molecule has 1 fully saturated rings. The Kier molecular flexibility index (Phi) is 8.89. The van der Waals surface area contributed by atoms with Crippen LogP contribution < -0.4 is 10.1 Å². The Balaban J connectivity index is 0.00000242. The highest BCUT2D eigenvalue weighted by atomic mass is 35.5. The van der Waals surface area contributed by atoms with E-state index in [2.05, 4.69) is 5.32 Å². The molecule has 0 aromatic heterocycles. The second kappa shape index (κ2) is 10.4. The minimum Gasteiger partial charge on any atom is -0.491 e. The zero-order valence-corrected chi connectivity index (χ0v) is 13.8. The van der Waals surface area contributed by atoms with Gasteiger partial charge in [0.25, 0.3) is 0 Å². The number of para-hydroxylation sites is 1. The second-order valence-electron chi connectivity index (χ2n) is 5.27. The number of likely N-dealkylation sites (tertiary alicyclic amines) is 1. The first-order valence-electron chi connectivity index (χ1n) is 7.47. The molecule has 1 heterocycles. The van der Waals surface area contributed by atoms with Gasteiger partial charge in [-0.2, -0.15) is 0 Å². The molecule has 0 saturated carbocycles. The number of carbonyl (C=O) groups excluding carboxylic acids is 1. The van der Waals surface area contributed by atoms with E-state index in [1.807, 2.05) is 42.3 Å². The number of halogens is 1. The third kappa shape index (κ3) is 6.22. The van der Waals surface area contributed by atoms with Crippen LogP contribution in [0.2, 0.25) is 0 Å². The molecule has 1 unspecified atom stereocenters. The summed E-state index contributed by atoms with van der Waals surface area (Å²) in [6.45, 7) is 3.67. The number of benzene rings is 1. The van der Waals surface area contributed by atoms with Crippen molar-refractivity contribution < 1.29 is 14.3 Å². The molecule has 0 spiro atoms. The summed E-state index contributed by atoms with van der Waals surface area (Å²) in [5, 5.41) is 3.16. The van der Waals surface area contributed by atoms with E-state index in [-0.39, 0.29) is 24.9 Å². The summed E-state index contributed by atoms with van der Waals surface area (Å²) in [5.74, 6) is 1.47. The fourth-order valence-corrected chi connectivity index (χ4v) is 2.50. The van der Waals surface area contributed by atoms with Gasteiger partial charge >= 0.3 is 0 Å². The molecule has 6 heteroatoms. The lowest BCUT2D eigenvalue weighted by molar-refractivity contribution is -0.135. The van der Waals surface area contributed by atoms with Crippen molar-refractivity contribution in [2.75, 3.05) is 46.5 Å². The Morgan fingerprint density at radius 1 is 1.32 bits per heavy atom. The number of hydrogen-bond acceptors (Lipinski definition) is 4. The fourth-order valence-electron chi connectivity index (χ4n) is 2.50. The Labute approximate surface area is 138 Å². The van der Waals surface area contributed by atoms with Gasteiger partial charge in [0.05, 0.1) is 6.61 Å². The maximum absolute atomic E-state index is 12.0. The quantitative estimate of drug-likeness (QED) is 0.736. The van der Waals surface area contributed by atoms with E-state index >= 15 is 0 Å². The molecule has 0 bridgehead atoms. The zero-order valence-electron chi connectivity index (χ0n) is 13.0. The van der Waals surface area contributed by atoms with Crippen LogP contribution in [0.25, 0.3) is 0 Å². The van der Waals surface area contributed by atoms with Crippen LogP contribution in [0.5, 0.6) is 5.75 Å². The van der Waals surface area contributed by atoms with Gasteiger partial charge in [-0.25, -0.2) is 0 Å². The van der Waals surface area contributed by atoms with Crippen LogP contribution in [0, 0.1) is 5.92 Å². The molecule has 0 aliphatic carbocycles. The molecule has 1 N–H and O–H groups in total. The lowest BCUT2D eigenvalue weighted by Crippen LogP contribution is -2.33. The number of rotatable bonds is 8. The predicted octanol–water partition coefficient (Wildman–Crippen LogP) is 1.57. The van der Waals surface area contributed by atoms with Crippen LogP contribution in [0.1, 0.15) is 6.42 Å². The summed E-state index contributed by atoms with van der Waals surface area (Å²) in [7, 11) is 1.94. The van der Waals surface area contributed by atoms with Crippen LogP contribution in [0.4, 0.5) is 0 Å². The zero-order chi connectivity index (χ0) is 14.9. The first-order valence-corrected chi connectivity index (χ1v) is 7.47. The number of nitrogens with one attached hydrogen (secondary N) is 1. The highest BCUT2D eigenvalue weighted by molar-refractivity contribution is 5.85. The summed E-state index contributed by atoms with van der Waals surface area (Å²) in [6.07, 6.45) is 1.07. The van der Waals surface area contributed by atoms with Crippen LogP contribution >= 0.6 is 12.4 Å². The van der Waals surface area contributed by atoms with Gasteiger partial charge < -0.3 is 19.7 Å². The summed E-state index contributed by atoms with van der Waals surface area (Å²) in [6, 6.07) is 9.59. The van der Waals surface area contributed by atoms with Gasteiger partial charge in [-0.1, -0.05) is 18.2 Å². The largest absolute Gasteiger partial charge is 0.491 e. The van der Waals surface area contributed by atoms with E-state index in [1.165, 1.54) is 0 Å². The molecule has 1 amide bonds. The summed E-state index contributed by atoms with van der Waals surface area (Å²) in [4.78, 5) is 13.9. The van der Waals surface area contributed by atoms with E-state index in [9.17, 15) is 4.79 Å². The van der Waals surface area contributed by atoms with Gasteiger partial charge in [0.2, 0.25) is 5.91 Å². The van der Waals surface area contributed by atoms with Crippen molar-refractivity contribution in [3.8, 4) is 5.75 Å². The highest BCUT2D eigenvalue weighted by Crippen LogP contribution is 2.15. The third-order valence-corrected chi connectivity index (χ3v) is 3.60. The molecule has 0 radical (unpaired) electrons. The van der Waals surface area contributed by atoms with E-state index in [0.29, 0.717) is 19.1 Å². The van der Waals surface area contributed by atoms with Crippen LogP contribution in [-0.4, -0.2) is 57.3 Å². The molecular formula is C16H25ClN2O3. The maximum Gasteiger partial charge on any atom is 0.248 e. The Morgan fingerprint density at radius 3 is 2.82 bits per heavy atom. The lowest BCUT2D eigenvalue weighted by atomic mass is 10.1. The van der Waals surface area contributed by atoms with E-state index in [0.717, 1.165) is 31.8 Å². The molecule has 1 saturated heterocycles. The normalized spacial score (nSPS) is 17.1. The summed E-state index contributed by atoms with van der Waals surface area (Å²) >= 11 is 0. The van der Waals surface area contributed by atoms with Crippen molar-refractivity contribution in [2.45, 2.75) is 6.42 Å². The average Bonchev–Trinajstić information content (AvgIpc) is 2.97. The molecule has 1 aliphatic heterocycles. The second-order valence-corrected chi connectivity index (χ2v) is 5.27. The van der Waals surface area contributed by atoms with E-state index < -0.39 is 0 Å². The molecule has 22 heavy (non-hydrogen) atoms. The van der Waals surface area contributed by atoms with Crippen molar-refractivity contribution in [2.24, 2.45) is 5.92 Å². The molecule has 1 atom stereocenters. The first-order chi connectivity index (χ1) is 10.3. The Hall–Kier alpha value is -1.30. The van der Waals surface area contributed by atoms with Crippen molar-refractivity contribution in [3.63, 3.8) is 0 Å². The van der Waals surface area contributed by atoms with Crippen LogP contribution in [-0.2, 0) is 9.53 Å². The van der Waals surface area contributed by atoms with Crippen molar-refractivity contribution in [1.82, 2.24) is 10.2 Å². The molecule has 124 valence electrons. The molecule has 1 aromatic carbocycles. The van der Waals surface area contributed by atoms with Gasteiger partial charge in [-0.15, -0.1) is 12.4 Å². The highest BCUT2D eigenvalue weighted by Gasteiger charge is 2.25. The van der Waals surface area contributed by atoms with Gasteiger partial charge in [-0.3, -0.25) is 4.79 Å². The monoisotopic (exact) mass is 328 g/mol. The van der Waals surface area contributed by atoms with Gasteiger partial charge in [0, 0.05) is 13.1 Å².